The number of hydrogen-bond donors (Lipinski definition) is 1. The highest BCUT2D eigenvalue weighted by Gasteiger charge is 2.06. The number of carbonyl (C=O) groups is 1. The minimum Gasteiger partial charge on any atom is -0.446 e. The molecule has 0 spiro atoms. The highest BCUT2D eigenvalue weighted by molar-refractivity contribution is 5.84. The highest BCUT2D eigenvalue weighted by Crippen LogP contribution is 2.05. The van der Waals surface area contributed by atoms with Crippen molar-refractivity contribution in [3.8, 4) is 0 Å². The molecule has 1 N–H and O–H groups in total. The van der Waals surface area contributed by atoms with E-state index in [1.807, 2.05) is 13.8 Å². The Bertz CT molecular complexity index is 287. The molecule has 1 amide bonds. The third-order valence-electron chi connectivity index (χ3n) is 1.81. The summed E-state index contributed by atoms with van der Waals surface area (Å²) in [4.78, 5) is 15.1. The molecule has 4 heteroatoms. The lowest BCUT2D eigenvalue weighted by Gasteiger charge is -2.11. The SMILES string of the molecule is CCC(C)OC(=O)Nc1ccncc1. The molecule has 0 radical (unpaired) electrons. The summed E-state index contributed by atoms with van der Waals surface area (Å²) in [5.74, 6) is 0. The van der Waals surface area contributed by atoms with Crippen molar-refractivity contribution in [3.05, 3.63) is 24.5 Å². The van der Waals surface area contributed by atoms with E-state index < -0.39 is 6.09 Å². The van der Waals surface area contributed by atoms with Crippen LogP contribution < -0.4 is 5.32 Å². The number of rotatable bonds is 3. The molecule has 4 nitrogen and oxygen atoms in total. The second-order valence-corrected chi connectivity index (χ2v) is 2.99. The summed E-state index contributed by atoms with van der Waals surface area (Å²) in [6.45, 7) is 3.82. The van der Waals surface area contributed by atoms with Crippen LogP contribution in [0.5, 0.6) is 0 Å². The average Bonchev–Trinajstić information content (AvgIpc) is 2.19. The number of pyridine rings is 1. The Kier molecular flexibility index (Phi) is 3.91. The number of amides is 1. The Hall–Kier alpha value is -1.58. The standard InChI is InChI=1S/C10H14N2O2/c1-3-8(2)14-10(13)12-9-4-6-11-7-5-9/h4-8H,3H2,1-2H3,(H,11,12,13). The van der Waals surface area contributed by atoms with Crippen molar-refractivity contribution in [2.24, 2.45) is 0 Å². The fourth-order valence-electron chi connectivity index (χ4n) is 0.849. The Morgan fingerprint density at radius 3 is 2.79 bits per heavy atom. The summed E-state index contributed by atoms with van der Waals surface area (Å²) >= 11 is 0. The quantitative estimate of drug-likeness (QED) is 0.803. The number of anilines is 1. The molecule has 0 fully saturated rings. The van der Waals surface area contributed by atoms with Crippen LogP contribution in [0.4, 0.5) is 10.5 Å². The van der Waals surface area contributed by atoms with E-state index in [1.54, 1.807) is 24.5 Å². The molecule has 0 aliphatic rings. The van der Waals surface area contributed by atoms with Crippen molar-refractivity contribution in [2.45, 2.75) is 26.4 Å². The van der Waals surface area contributed by atoms with Crippen LogP contribution in [-0.2, 0) is 4.74 Å². The second kappa shape index (κ2) is 5.21. The van der Waals surface area contributed by atoms with Crippen molar-refractivity contribution < 1.29 is 9.53 Å². The van der Waals surface area contributed by atoms with Gasteiger partial charge in [-0.2, -0.15) is 0 Å². The smallest absolute Gasteiger partial charge is 0.411 e. The number of nitrogens with zero attached hydrogens (tertiary/aromatic N) is 1. The first-order valence-electron chi connectivity index (χ1n) is 4.60. The number of carbonyl (C=O) groups excluding carboxylic acids is 1. The van der Waals surface area contributed by atoms with Crippen molar-refractivity contribution in [2.75, 3.05) is 5.32 Å². The normalized spacial score (nSPS) is 11.9. The zero-order valence-corrected chi connectivity index (χ0v) is 8.36. The molecule has 0 saturated heterocycles. The van der Waals surface area contributed by atoms with E-state index in [0.717, 1.165) is 6.42 Å². The van der Waals surface area contributed by atoms with Gasteiger partial charge in [-0.15, -0.1) is 0 Å². The van der Waals surface area contributed by atoms with Gasteiger partial charge in [0.25, 0.3) is 0 Å². The lowest BCUT2D eigenvalue weighted by Crippen LogP contribution is -2.19. The minimum absolute atomic E-state index is 0.0585. The molecule has 76 valence electrons. The molecule has 1 unspecified atom stereocenters. The molecule has 0 saturated carbocycles. The largest absolute Gasteiger partial charge is 0.446 e. The predicted octanol–water partition coefficient (Wildman–Crippen LogP) is 2.43. The third kappa shape index (κ3) is 3.43. The predicted molar refractivity (Wildman–Crippen MR) is 54.1 cm³/mol. The fourth-order valence-corrected chi connectivity index (χ4v) is 0.849. The second-order valence-electron chi connectivity index (χ2n) is 2.99. The Morgan fingerprint density at radius 1 is 1.57 bits per heavy atom. The lowest BCUT2D eigenvalue weighted by atomic mass is 10.3. The Morgan fingerprint density at radius 2 is 2.21 bits per heavy atom. The van der Waals surface area contributed by atoms with E-state index in [4.69, 9.17) is 4.74 Å². The molecule has 0 aliphatic carbocycles. The molecular weight excluding hydrogens is 180 g/mol. The maximum Gasteiger partial charge on any atom is 0.411 e. The summed E-state index contributed by atoms with van der Waals surface area (Å²) in [7, 11) is 0. The van der Waals surface area contributed by atoms with Gasteiger partial charge in [0.2, 0.25) is 0 Å². The molecule has 0 aliphatic heterocycles. The van der Waals surface area contributed by atoms with Crippen molar-refractivity contribution >= 4 is 11.8 Å². The molecule has 1 rings (SSSR count). The van der Waals surface area contributed by atoms with Crippen LogP contribution in [0.2, 0.25) is 0 Å². The minimum atomic E-state index is -0.425. The van der Waals surface area contributed by atoms with Crippen molar-refractivity contribution in [1.82, 2.24) is 4.98 Å². The van der Waals surface area contributed by atoms with Crippen LogP contribution in [0.1, 0.15) is 20.3 Å². The molecule has 1 aromatic rings. The molecule has 1 aromatic heterocycles. The van der Waals surface area contributed by atoms with Gasteiger partial charge in [0.15, 0.2) is 0 Å². The first-order valence-corrected chi connectivity index (χ1v) is 4.60. The third-order valence-corrected chi connectivity index (χ3v) is 1.81. The summed E-state index contributed by atoms with van der Waals surface area (Å²) in [6, 6.07) is 3.41. The van der Waals surface area contributed by atoms with Gasteiger partial charge >= 0.3 is 6.09 Å². The number of nitrogens with one attached hydrogen (secondary N) is 1. The van der Waals surface area contributed by atoms with Gasteiger partial charge in [0, 0.05) is 18.1 Å². The van der Waals surface area contributed by atoms with Crippen LogP contribution in [0, 0.1) is 0 Å². The van der Waals surface area contributed by atoms with Gasteiger partial charge in [-0.3, -0.25) is 10.3 Å². The highest BCUT2D eigenvalue weighted by atomic mass is 16.6. The first kappa shape index (κ1) is 10.5. The van der Waals surface area contributed by atoms with Crippen molar-refractivity contribution in [1.29, 1.82) is 0 Å². The van der Waals surface area contributed by atoms with Gasteiger partial charge in [-0.1, -0.05) is 6.92 Å². The van der Waals surface area contributed by atoms with Crippen LogP contribution in [0.15, 0.2) is 24.5 Å². The van der Waals surface area contributed by atoms with Crippen LogP contribution >= 0.6 is 0 Å². The maximum atomic E-state index is 11.2. The average molecular weight is 194 g/mol. The molecule has 0 bridgehead atoms. The van der Waals surface area contributed by atoms with Gasteiger partial charge in [0.05, 0.1) is 0 Å². The number of ether oxygens (including phenoxy) is 1. The zero-order valence-electron chi connectivity index (χ0n) is 8.36. The Balaban J connectivity index is 2.42. The fraction of sp³-hybridized carbons (Fsp3) is 0.400. The van der Waals surface area contributed by atoms with E-state index in [0.29, 0.717) is 5.69 Å². The van der Waals surface area contributed by atoms with Gasteiger partial charge in [0.1, 0.15) is 6.10 Å². The summed E-state index contributed by atoms with van der Waals surface area (Å²) in [5, 5.41) is 2.61. The van der Waals surface area contributed by atoms with E-state index in [1.165, 1.54) is 0 Å². The molecule has 14 heavy (non-hydrogen) atoms. The molecular formula is C10H14N2O2. The van der Waals surface area contributed by atoms with Crippen LogP contribution in [0.25, 0.3) is 0 Å². The molecule has 1 heterocycles. The Labute approximate surface area is 83.3 Å². The summed E-state index contributed by atoms with van der Waals surface area (Å²) < 4.78 is 5.03. The van der Waals surface area contributed by atoms with Gasteiger partial charge in [-0.05, 0) is 25.5 Å². The van der Waals surface area contributed by atoms with E-state index >= 15 is 0 Å². The lowest BCUT2D eigenvalue weighted by molar-refractivity contribution is 0.118. The first-order chi connectivity index (χ1) is 6.72. The van der Waals surface area contributed by atoms with E-state index in [2.05, 4.69) is 10.3 Å². The molecule has 1 atom stereocenters. The number of aromatic nitrogens is 1. The maximum absolute atomic E-state index is 11.2. The van der Waals surface area contributed by atoms with Crippen LogP contribution in [-0.4, -0.2) is 17.2 Å². The van der Waals surface area contributed by atoms with Gasteiger partial charge < -0.3 is 4.74 Å². The van der Waals surface area contributed by atoms with Crippen molar-refractivity contribution in [3.63, 3.8) is 0 Å². The summed E-state index contributed by atoms with van der Waals surface area (Å²) in [5.41, 5.74) is 0.688. The van der Waals surface area contributed by atoms with Gasteiger partial charge in [-0.25, -0.2) is 4.79 Å². The zero-order chi connectivity index (χ0) is 10.4. The number of hydrogen-bond acceptors (Lipinski definition) is 3. The van der Waals surface area contributed by atoms with E-state index in [9.17, 15) is 4.79 Å². The monoisotopic (exact) mass is 194 g/mol. The topological polar surface area (TPSA) is 51.2 Å². The van der Waals surface area contributed by atoms with E-state index in [-0.39, 0.29) is 6.10 Å². The molecule has 0 aromatic carbocycles. The summed E-state index contributed by atoms with van der Waals surface area (Å²) in [6.07, 6.45) is 3.55. The van der Waals surface area contributed by atoms with Crippen LogP contribution in [0.3, 0.4) is 0 Å².